The van der Waals surface area contributed by atoms with Gasteiger partial charge in [-0.3, -0.25) is 4.79 Å². The molecule has 0 aliphatic carbocycles. The molecule has 184 valence electrons. The molecule has 1 aromatic heterocycles. The van der Waals surface area contributed by atoms with E-state index in [0.29, 0.717) is 43.3 Å². The molecule has 2 aliphatic heterocycles. The van der Waals surface area contributed by atoms with Crippen LogP contribution >= 0.6 is 0 Å². The third-order valence-corrected chi connectivity index (χ3v) is 9.05. The van der Waals surface area contributed by atoms with Crippen LogP contribution in [0.2, 0.25) is 0 Å². The highest BCUT2D eigenvalue weighted by Gasteiger charge is 2.44. The van der Waals surface area contributed by atoms with Crippen LogP contribution in [0, 0.1) is 12.3 Å². The summed E-state index contributed by atoms with van der Waals surface area (Å²) in [6.45, 7) is 3.92. The van der Waals surface area contributed by atoms with Crippen LogP contribution in [0.25, 0.3) is 5.69 Å². The number of likely N-dealkylation sites (tertiary alicyclic amines) is 1. The van der Waals surface area contributed by atoms with Crippen molar-refractivity contribution in [2.75, 3.05) is 33.3 Å². The van der Waals surface area contributed by atoms with Crippen molar-refractivity contribution in [1.29, 1.82) is 0 Å². The number of carbonyl (C=O) groups excluding carboxylic acids is 1. The average molecular weight is 496 g/mol. The maximum Gasteiger partial charge on any atom is 0.276 e. The number of nitrogens with zero attached hydrogens (tertiary/aromatic N) is 5. The number of methoxy groups -OCH3 is 1. The van der Waals surface area contributed by atoms with E-state index in [0.717, 1.165) is 24.9 Å². The van der Waals surface area contributed by atoms with Gasteiger partial charge in [-0.05, 0) is 55.9 Å². The molecule has 3 heterocycles. The number of carbonyl (C=O) groups is 1. The number of aromatic nitrogens is 3. The number of hydrogen-bond donors (Lipinski definition) is 0. The number of para-hydroxylation sites is 1. The Balaban J connectivity index is 1.26. The molecule has 3 aromatic rings. The Labute approximate surface area is 205 Å². The van der Waals surface area contributed by atoms with Gasteiger partial charge < -0.3 is 9.64 Å². The van der Waals surface area contributed by atoms with Crippen LogP contribution in [-0.4, -0.2) is 71.8 Å². The first-order chi connectivity index (χ1) is 16.8. The van der Waals surface area contributed by atoms with Crippen molar-refractivity contribution in [2.24, 2.45) is 5.41 Å². The molecule has 1 spiro atoms. The van der Waals surface area contributed by atoms with Crippen molar-refractivity contribution in [2.45, 2.75) is 31.1 Å². The third kappa shape index (κ3) is 4.43. The normalized spacial score (nSPS) is 18.2. The minimum atomic E-state index is -3.59. The highest BCUT2D eigenvalue weighted by atomic mass is 32.2. The lowest BCUT2D eigenvalue weighted by atomic mass is 9.78. The number of hydrogen-bond acceptors (Lipinski definition) is 6. The quantitative estimate of drug-likeness (QED) is 0.540. The molecule has 2 aromatic carbocycles. The molecule has 1 amide bonds. The summed E-state index contributed by atoms with van der Waals surface area (Å²) in [4.78, 5) is 16.9. The van der Waals surface area contributed by atoms with Crippen LogP contribution in [-0.2, 0) is 10.0 Å². The van der Waals surface area contributed by atoms with E-state index in [9.17, 15) is 13.2 Å². The molecular formula is C25H29N5O4S. The Bertz CT molecular complexity index is 1330. The summed E-state index contributed by atoms with van der Waals surface area (Å²) in [7, 11) is -2.07. The average Bonchev–Trinajstić information content (AvgIpc) is 3.48. The van der Waals surface area contributed by atoms with Crippen molar-refractivity contribution >= 4 is 15.9 Å². The fourth-order valence-corrected chi connectivity index (χ4v) is 6.51. The first-order valence-electron chi connectivity index (χ1n) is 11.7. The second-order valence-corrected chi connectivity index (χ2v) is 11.3. The smallest absolute Gasteiger partial charge is 0.276 e. The Morgan fingerprint density at radius 2 is 1.69 bits per heavy atom. The summed E-state index contributed by atoms with van der Waals surface area (Å²) in [5, 5.41) is 8.90. The zero-order valence-electron chi connectivity index (χ0n) is 19.9. The largest absolute Gasteiger partial charge is 0.497 e. The number of sulfonamides is 1. The highest BCUT2D eigenvalue weighted by molar-refractivity contribution is 7.89. The zero-order chi connectivity index (χ0) is 24.6. The van der Waals surface area contributed by atoms with Crippen molar-refractivity contribution < 1.29 is 17.9 Å². The molecule has 0 atom stereocenters. The zero-order valence-corrected chi connectivity index (χ0v) is 20.7. The Morgan fingerprint density at radius 3 is 2.40 bits per heavy atom. The lowest BCUT2D eigenvalue weighted by Crippen LogP contribution is -2.44. The first-order valence-corrected chi connectivity index (χ1v) is 13.2. The lowest BCUT2D eigenvalue weighted by Gasteiger charge is -2.38. The minimum absolute atomic E-state index is 0.0701. The molecule has 2 fully saturated rings. The van der Waals surface area contributed by atoms with Gasteiger partial charge in [-0.15, -0.1) is 5.10 Å². The molecule has 9 nitrogen and oxygen atoms in total. The molecule has 5 rings (SSSR count). The summed E-state index contributed by atoms with van der Waals surface area (Å²) in [6, 6.07) is 16.1. The van der Waals surface area contributed by atoms with Gasteiger partial charge in [0.05, 0.1) is 23.4 Å². The van der Waals surface area contributed by atoms with E-state index in [1.807, 2.05) is 35.2 Å². The van der Waals surface area contributed by atoms with E-state index in [1.54, 1.807) is 35.5 Å². The first kappa shape index (κ1) is 23.5. The molecule has 0 N–H and O–H groups in total. The summed E-state index contributed by atoms with van der Waals surface area (Å²) in [5.41, 5.74) is 1.69. The molecule has 0 unspecified atom stereocenters. The van der Waals surface area contributed by atoms with E-state index < -0.39 is 10.0 Å². The second kappa shape index (κ2) is 9.09. The van der Waals surface area contributed by atoms with Crippen LogP contribution in [0.4, 0.5) is 0 Å². The fourth-order valence-electron chi connectivity index (χ4n) is 5.03. The predicted molar refractivity (Wildman–Crippen MR) is 130 cm³/mol. The Morgan fingerprint density at radius 1 is 0.971 bits per heavy atom. The van der Waals surface area contributed by atoms with Crippen LogP contribution < -0.4 is 4.74 Å². The van der Waals surface area contributed by atoms with Gasteiger partial charge in [-0.2, -0.15) is 14.2 Å². The third-order valence-electron chi connectivity index (χ3n) is 7.16. The highest BCUT2D eigenvalue weighted by Crippen LogP contribution is 2.42. The van der Waals surface area contributed by atoms with Gasteiger partial charge in [-0.1, -0.05) is 24.3 Å². The van der Waals surface area contributed by atoms with Gasteiger partial charge in [0.2, 0.25) is 10.0 Å². The van der Waals surface area contributed by atoms with Gasteiger partial charge in [0.15, 0.2) is 5.69 Å². The molecule has 0 saturated carbocycles. The molecule has 0 bridgehead atoms. The van der Waals surface area contributed by atoms with E-state index in [2.05, 4.69) is 10.2 Å². The summed E-state index contributed by atoms with van der Waals surface area (Å²) >= 11 is 0. The predicted octanol–water partition coefficient (Wildman–Crippen LogP) is 2.90. The van der Waals surface area contributed by atoms with Crippen molar-refractivity contribution in [3.05, 3.63) is 66.0 Å². The summed E-state index contributed by atoms with van der Waals surface area (Å²) in [5.74, 6) is 0.400. The molecule has 2 saturated heterocycles. The fraction of sp³-hybridized carbons (Fsp3) is 0.400. The number of piperidine rings is 1. The van der Waals surface area contributed by atoms with Crippen LogP contribution in [0.1, 0.15) is 35.4 Å². The van der Waals surface area contributed by atoms with Crippen LogP contribution in [0.5, 0.6) is 5.75 Å². The summed E-state index contributed by atoms with van der Waals surface area (Å²) in [6.07, 6.45) is 2.29. The molecule has 0 radical (unpaired) electrons. The van der Waals surface area contributed by atoms with E-state index in [4.69, 9.17) is 4.74 Å². The standard InChI is InChI=1S/C25H29N5O4S/c1-19-23(27-30(26-19)20-7-4-3-5-8-20)24(31)28-14-11-25(18-28)12-15-29(16-13-25)35(32,33)22-10-6-9-21(17-22)34-2/h3-10,17H,11-16,18H2,1-2H3. The van der Waals surface area contributed by atoms with E-state index in [1.165, 1.54) is 11.9 Å². The Kier molecular flexibility index (Phi) is 6.10. The second-order valence-electron chi connectivity index (χ2n) is 9.32. The van der Waals surface area contributed by atoms with E-state index in [-0.39, 0.29) is 16.2 Å². The van der Waals surface area contributed by atoms with Crippen LogP contribution in [0.3, 0.4) is 0 Å². The molecule has 35 heavy (non-hydrogen) atoms. The van der Waals surface area contributed by atoms with Gasteiger partial charge in [-0.25, -0.2) is 8.42 Å². The minimum Gasteiger partial charge on any atom is -0.497 e. The van der Waals surface area contributed by atoms with Crippen molar-refractivity contribution in [3.8, 4) is 11.4 Å². The maximum atomic E-state index is 13.3. The van der Waals surface area contributed by atoms with Crippen molar-refractivity contribution in [1.82, 2.24) is 24.2 Å². The monoisotopic (exact) mass is 495 g/mol. The number of aryl methyl sites for hydroxylation is 1. The number of rotatable bonds is 5. The molecule has 2 aliphatic rings. The lowest BCUT2D eigenvalue weighted by molar-refractivity contribution is 0.0743. The van der Waals surface area contributed by atoms with Gasteiger partial charge in [0.1, 0.15) is 5.75 Å². The molecule has 10 heteroatoms. The number of amides is 1. The topological polar surface area (TPSA) is 97.6 Å². The summed E-state index contributed by atoms with van der Waals surface area (Å²) < 4.78 is 33.1. The Hall–Kier alpha value is -3.24. The SMILES string of the molecule is COc1cccc(S(=O)(=O)N2CCC3(CCN(C(=O)c4nn(-c5ccccc5)nc4C)C3)CC2)c1. The molecular weight excluding hydrogens is 466 g/mol. The number of benzene rings is 2. The van der Waals surface area contributed by atoms with Crippen molar-refractivity contribution in [3.63, 3.8) is 0 Å². The van der Waals surface area contributed by atoms with Gasteiger partial charge in [0.25, 0.3) is 5.91 Å². The van der Waals surface area contributed by atoms with E-state index >= 15 is 0 Å². The van der Waals surface area contributed by atoms with Gasteiger partial charge in [0, 0.05) is 32.2 Å². The maximum absolute atomic E-state index is 13.3. The van der Waals surface area contributed by atoms with Gasteiger partial charge >= 0.3 is 0 Å². The number of ether oxygens (including phenoxy) is 1. The van der Waals surface area contributed by atoms with Crippen LogP contribution in [0.15, 0.2) is 59.5 Å².